The standard InChI is InChI=1S/C14H22N4O.HI/c1-5-8-16-14(15-4)17-10-12-9-13(18-19-12)11(6-2)7-3;/h1,9,11H,6-8,10H2,2-4H3,(H2,15,16,17);1H. The van der Waals surface area contributed by atoms with E-state index in [0.29, 0.717) is 25.0 Å². The predicted molar refractivity (Wildman–Crippen MR) is 92.3 cm³/mol. The van der Waals surface area contributed by atoms with Gasteiger partial charge in [-0.3, -0.25) is 4.99 Å². The lowest BCUT2D eigenvalue weighted by molar-refractivity contribution is 0.368. The molecule has 0 aliphatic rings. The van der Waals surface area contributed by atoms with Crippen LogP contribution < -0.4 is 10.6 Å². The second-order valence-electron chi connectivity index (χ2n) is 4.21. The molecule has 1 heterocycles. The summed E-state index contributed by atoms with van der Waals surface area (Å²) < 4.78 is 5.31. The van der Waals surface area contributed by atoms with Crippen LogP contribution in [0, 0.1) is 12.3 Å². The van der Waals surface area contributed by atoms with Gasteiger partial charge in [-0.15, -0.1) is 30.4 Å². The van der Waals surface area contributed by atoms with E-state index in [4.69, 9.17) is 10.9 Å². The van der Waals surface area contributed by atoms with Gasteiger partial charge in [-0.1, -0.05) is 24.9 Å². The van der Waals surface area contributed by atoms with Crippen LogP contribution in [0.4, 0.5) is 0 Å². The van der Waals surface area contributed by atoms with Crippen molar-refractivity contribution in [3.63, 3.8) is 0 Å². The highest BCUT2D eigenvalue weighted by Gasteiger charge is 2.12. The fourth-order valence-corrected chi connectivity index (χ4v) is 1.84. The molecule has 1 aromatic rings. The molecule has 0 bridgehead atoms. The number of nitrogens with zero attached hydrogens (tertiary/aromatic N) is 2. The Labute approximate surface area is 138 Å². The van der Waals surface area contributed by atoms with E-state index in [-0.39, 0.29) is 24.0 Å². The minimum Gasteiger partial charge on any atom is -0.359 e. The van der Waals surface area contributed by atoms with Crippen LogP contribution in [0.5, 0.6) is 0 Å². The van der Waals surface area contributed by atoms with Crippen molar-refractivity contribution < 1.29 is 4.52 Å². The van der Waals surface area contributed by atoms with Crippen molar-refractivity contribution in [2.45, 2.75) is 39.2 Å². The molecule has 0 radical (unpaired) electrons. The Morgan fingerprint density at radius 3 is 2.70 bits per heavy atom. The first-order chi connectivity index (χ1) is 9.24. The zero-order chi connectivity index (χ0) is 14.1. The molecule has 1 aromatic heterocycles. The number of aromatic nitrogens is 1. The summed E-state index contributed by atoms with van der Waals surface area (Å²) in [6, 6.07) is 2.00. The largest absolute Gasteiger partial charge is 0.359 e. The van der Waals surface area contributed by atoms with Crippen LogP contribution in [0.1, 0.15) is 44.1 Å². The van der Waals surface area contributed by atoms with Gasteiger partial charge in [0, 0.05) is 19.0 Å². The molecular weight excluding hydrogens is 367 g/mol. The van der Waals surface area contributed by atoms with E-state index in [9.17, 15) is 0 Å². The summed E-state index contributed by atoms with van der Waals surface area (Å²) in [4.78, 5) is 4.05. The number of hydrogen-bond acceptors (Lipinski definition) is 3. The van der Waals surface area contributed by atoms with E-state index in [0.717, 1.165) is 24.3 Å². The Hall–Kier alpha value is -1.23. The lowest BCUT2D eigenvalue weighted by Gasteiger charge is -2.07. The molecule has 0 amide bonds. The maximum atomic E-state index is 5.31. The molecule has 5 nitrogen and oxygen atoms in total. The van der Waals surface area contributed by atoms with Gasteiger partial charge in [-0.25, -0.2) is 0 Å². The summed E-state index contributed by atoms with van der Waals surface area (Å²) in [6.07, 6.45) is 7.32. The number of terminal acetylenes is 1. The number of hydrogen-bond donors (Lipinski definition) is 2. The molecule has 0 atom stereocenters. The minimum absolute atomic E-state index is 0. The van der Waals surface area contributed by atoms with Gasteiger partial charge in [0.25, 0.3) is 0 Å². The van der Waals surface area contributed by atoms with Crippen LogP contribution in [-0.4, -0.2) is 24.7 Å². The van der Waals surface area contributed by atoms with Crippen LogP contribution in [0.15, 0.2) is 15.6 Å². The van der Waals surface area contributed by atoms with Gasteiger partial charge in [0.1, 0.15) is 0 Å². The zero-order valence-electron chi connectivity index (χ0n) is 12.3. The van der Waals surface area contributed by atoms with Crippen molar-refractivity contribution in [3.8, 4) is 12.3 Å². The van der Waals surface area contributed by atoms with Gasteiger partial charge >= 0.3 is 0 Å². The third-order valence-corrected chi connectivity index (χ3v) is 2.99. The van der Waals surface area contributed by atoms with Crippen molar-refractivity contribution in [1.82, 2.24) is 15.8 Å². The van der Waals surface area contributed by atoms with Gasteiger partial charge in [-0.2, -0.15) is 0 Å². The van der Waals surface area contributed by atoms with Crippen molar-refractivity contribution in [1.29, 1.82) is 0 Å². The van der Waals surface area contributed by atoms with Crippen LogP contribution in [0.3, 0.4) is 0 Å². The first-order valence-corrected chi connectivity index (χ1v) is 6.58. The van der Waals surface area contributed by atoms with Crippen molar-refractivity contribution in [3.05, 3.63) is 17.5 Å². The Morgan fingerprint density at radius 1 is 1.45 bits per heavy atom. The summed E-state index contributed by atoms with van der Waals surface area (Å²) in [5.74, 6) is 4.41. The van der Waals surface area contributed by atoms with Gasteiger partial charge in [-0.05, 0) is 12.8 Å². The van der Waals surface area contributed by atoms with Crippen molar-refractivity contribution in [2.24, 2.45) is 4.99 Å². The van der Waals surface area contributed by atoms with Crippen LogP contribution in [0.2, 0.25) is 0 Å². The highest BCUT2D eigenvalue weighted by molar-refractivity contribution is 14.0. The first kappa shape index (κ1) is 18.8. The third-order valence-electron chi connectivity index (χ3n) is 2.99. The molecule has 0 unspecified atom stereocenters. The van der Waals surface area contributed by atoms with Crippen LogP contribution in [0.25, 0.3) is 0 Å². The second kappa shape index (κ2) is 10.5. The fraction of sp³-hybridized carbons (Fsp3) is 0.571. The Bertz CT molecular complexity index is 446. The maximum absolute atomic E-state index is 5.31. The average molecular weight is 390 g/mol. The molecule has 0 saturated heterocycles. The quantitative estimate of drug-likeness (QED) is 0.339. The SMILES string of the molecule is C#CCNC(=NC)NCc1cc(C(CC)CC)no1.I. The first-order valence-electron chi connectivity index (χ1n) is 6.58. The van der Waals surface area contributed by atoms with Gasteiger partial charge < -0.3 is 15.2 Å². The number of rotatable bonds is 6. The number of aliphatic imine (C=N–C) groups is 1. The van der Waals surface area contributed by atoms with E-state index >= 15 is 0 Å². The Kier molecular flexibility index (Phi) is 9.90. The Balaban J connectivity index is 0.00000361. The fourth-order valence-electron chi connectivity index (χ4n) is 1.84. The molecule has 0 aliphatic heterocycles. The van der Waals surface area contributed by atoms with E-state index in [1.165, 1.54) is 0 Å². The average Bonchev–Trinajstić information content (AvgIpc) is 2.89. The maximum Gasteiger partial charge on any atom is 0.192 e. The van der Waals surface area contributed by atoms with Gasteiger partial charge in [0.2, 0.25) is 0 Å². The topological polar surface area (TPSA) is 62.5 Å². The molecule has 0 fully saturated rings. The number of guanidine groups is 1. The normalized spacial score (nSPS) is 10.8. The molecule has 0 saturated carbocycles. The zero-order valence-corrected chi connectivity index (χ0v) is 14.6. The third kappa shape index (κ3) is 5.82. The molecule has 112 valence electrons. The van der Waals surface area contributed by atoms with Crippen LogP contribution in [-0.2, 0) is 6.54 Å². The summed E-state index contributed by atoms with van der Waals surface area (Å²) in [5.41, 5.74) is 1.02. The van der Waals surface area contributed by atoms with E-state index in [1.807, 2.05) is 6.07 Å². The van der Waals surface area contributed by atoms with Crippen molar-refractivity contribution in [2.75, 3.05) is 13.6 Å². The van der Waals surface area contributed by atoms with Gasteiger partial charge in [0.05, 0.1) is 18.8 Å². The molecule has 0 aliphatic carbocycles. The smallest absolute Gasteiger partial charge is 0.192 e. The Morgan fingerprint density at radius 2 is 2.15 bits per heavy atom. The summed E-state index contributed by atoms with van der Waals surface area (Å²) in [5, 5.41) is 10.2. The summed E-state index contributed by atoms with van der Waals surface area (Å²) in [7, 11) is 1.70. The summed E-state index contributed by atoms with van der Waals surface area (Å²) in [6.45, 7) is 5.30. The number of halogens is 1. The number of nitrogens with one attached hydrogen (secondary N) is 2. The predicted octanol–water partition coefficient (Wildman–Crippen LogP) is 2.49. The molecule has 20 heavy (non-hydrogen) atoms. The van der Waals surface area contributed by atoms with E-state index in [1.54, 1.807) is 7.05 Å². The molecule has 0 aromatic carbocycles. The van der Waals surface area contributed by atoms with Gasteiger partial charge in [0.15, 0.2) is 11.7 Å². The lowest BCUT2D eigenvalue weighted by Crippen LogP contribution is -2.36. The second-order valence-corrected chi connectivity index (χ2v) is 4.21. The molecule has 6 heteroatoms. The van der Waals surface area contributed by atoms with E-state index in [2.05, 4.69) is 40.6 Å². The highest BCUT2D eigenvalue weighted by Crippen LogP contribution is 2.22. The van der Waals surface area contributed by atoms with Crippen LogP contribution >= 0.6 is 24.0 Å². The minimum atomic E-state index is 0. The monoisotopic (exact) mass is 390 g/mol. The molecular formula is C14H23IN4O. The molecule has 1 rings (SSSR count). The molecule has 2 N–H and O–H groups in total. The lowest BCUT2D eigenvalue weighted by atomic mass is 9.99. The molecule has 0 spiro atoms. The van der Waals surface area contributed by atoms with E-state index < -0.39 is 0 Å². The van der Waals surface area contributed by atoms with Crippen molar-refractivity contribution >= 4 is 29.9 Å². The summed E-state index contributed by atoms with van der Waals surface area (Å²) >= 11 is 0. The highest BCUT2D eigenvalue weighted by atomic mass is 127.